The van der Waals surface area contributed by atoms with Gasteiger partial charge in [-0.2, -0.15) is 8.78 Å². The number of piperidine rings is 1. The van der Waals surface area contributed by atoms with E-state index in [0.717, 1.165) is 6.42 Å². The molecule has 1 aliphatic heterocycles. The van der Waals surface area contributed by atoms with Crippen LogP contribution in [-0.4, -0.2) is 41.6 Å². The molecule has 1 fully saturated rings. The number of nitrogens with one attached hydrogen (secondary N) is 1. The first-order chi connectivity index (χ1) is 15.3. The predicted octanol–water partition coefficient (Wildman–Crippen LogP) is 5.24. The standard InChI is InChI=1S/C25H25ClF2N2O2/c26-19-11-5-6-12-20(19)29-21-13-14-22(31)24(21,18-9-3-1-4-10-18)17-25(27,28)23(32)30-15-7-2-8-16-30/h1,3-6,9-14,21,29H,2,7-8,15-17H2/t21-,24-/m1/s1. The Morgan fingerprint density at radius 2 is 1.72 bits per heavy atom. The molecule has 4 nitrogen and oxygen atoms in total. The van der Waals surface area contributed by atoms with E-state index in [2.05, 4.69) is 5.32 Å². The molecule has 0 saturated carbocycles. The summed E-state index contributed by atoms with van der Waals surface area (Å²) in [6, 6.07) is 14.7. The minimum atomic E-state index is -3.70. The second kappa shape index (κ2) is 9.02. The minimum Gasteiger partial charge on any atom is -0.376 e. The number of halogens is 3. The Morgan fingerprint density at radius 1 is 1.06 bits per heavy atom. The lowest BCUT2D eigenvalue weighted by Crippen LogP contribution is -2.54. The van der Waals surface area contributed by atoms with Crippen LogP contribution in [0.4, 0.5) is 14.5 Å². The van der Waals surface area contributed by atoms with Crippen LogP contribution < -0.4 is 5.32 Å². The number of likely N-dealkylation sites (tertiary alicyclic amines) is 1. The molecule has 2 aliphatic rings. The predicted molar refractivity (Wildman–Crippen MR) is 121 cm³/mol. The van der Waals surface area contributed by atoms with Crippen molar-refractivity contribution in [3.8, 4) is 0 Å². The summed E-state index contributed by atoms with van der Waals surface area (Å²) in [4.78, 5) is 27.3. The molecule has 0 spiro atoms. The Bertz CT molecular complexity index is 1020. The van der Waals surface area contributed by atoms with Gasteiger partial charge in [-0.05, 0) is 43.0 Å². The van der Waals surface area contributed by atoms with E-state index in [4.69, 9.17) is 11.6 Å². The molecule has 2 atom stereocenters. The van der Waals surface area contributed by atoms with Crippen molar-refractivity contribution in [3.05, 3.63) is 77.3 Å². The largest absolute Gasteiger partial charge is 0.376 e. The van der Waals surface area contributed by atoms with E-state index in [-0.39, 0.29) is 0 Å². The van der Waals surface area contributed by atoms with Crippen LogP contribution in [0, 0.1) is 0 Å². The number of rotatable bonds is 6. The van der Waals surface area contributed by atoms with Gasteiger partial charge in [-0.15, -0.1) is 0 Å². The molecular weight excluding hydrogens is 434 g/mol. The number of allylic oxidation sites excluding steroid dienone is 1. The molecule has 4 rings (SSSR count). The monoisotopic (exact) mass is 458 g/mol. The molecule has 1 heterocycles. The number of alkyl halides is 2. The van der Waals surface area contributed by atoms with Gasteiger partial charge >= 0.3 is 5.92 Å². The van der Waals surface area contributed by atoms with Crippen molar-refractivity contribution in [3.63, 3.8) is 0 Å². The number of para-hydroxylation sites is 1. The highest BCUT2D eigenvalue weighted by Crippen LogP contribution is 2.45. The van der Waals surface area contributed by atoms with Crippen molar-refractivity contribution in [2.24, 2.45) is 0 Å². The minimum absolute atomic E-state index is 0.320. The molecular formula is C25H25ClF2N2O2. The summed E-state index contributed by atoms with van der Waals surface area (Å²) in [5.41, 5.74) is -0.676. The zero-order chi connectivity index (χ0) is 22.8. The van der Waals surface area contributed by atoms with Crippen LogP contribution in [0.25, 0.3) is 0 Å². The Kier molecular flexibility index (Phi) is 6.33. The molecule has 0 radical (unpaired) electrons. The van der Waals surface area contributed by atoms with E-state index in [1.54, 1.807) is 60.7 Å². The van der Waals surface area contributed by atoms with Crippen LogP contribution in [0.15, 0.2) is 66.7 Å². The molecule has 0 unspecified atom stereocenters. The smallest absolute Gasteiger partial charge is 0.326 e. The molecule has 1 saturated heterocycles. The van der Waals surface area contributed by atoms with Crippen LogP contribution in [0.1, 0.15) is 31.2 Å². The molecule has 32 heavy (non-hydrogen) atoms. The number of ketones is 1. The SMILES string of the molecule is O=C(N1CCCCC1)C(F)(F)C[C@]1(c2ccccc2)C(=O)C=C[C@H]1Nc1ccccc1Cl. The Hall–Kier alpha value is -2.73. The average Bonchev–Trinajstić information content (AvgIpc) is 3.11. The summed E-state index contributed by atoms with van der Waals surface area (Å²) >= 11 is 6.28. The van der Waals surface area contributed by atoms with Gasteiger partial charge in [0, 0.05) is 19.5 Å². The maximum atomic E-state index is 15.5. The fraction of sp³-hybridized carbons (Fsp3) is 0.360. The van der Waals surface area contributed by atoms with Gasteiger partial charge in [-0.25, -0.2) is 0 Å². The van der Waals surface area contributed by atoms with Crippen LogP contribution in [0.5, 0.6) is 0 Å². The highest BCUT2D eigenvalue weighted by molar-refractivity contribution is 6.33. The molecule has 2 aromatic rings. The maximum Gasteiger partial charge on any atom is 0.326 e. The van der Waals surface area contributed by atoms with Crippen molar-refractivity contribution in [2.75, 3.05) is 18.4 Å². The molecule has 2 aromatic carbocycles. The lowest BCUT2D eigenvalue weighted by Gasteiger charge is -2.39. The van der Waals surface area contributed by atoms with Crippen LogP contribution in [0.3, 0.4) is 0 Å². The van der Waals surface area contributed by atoms with Gasteiger partial charge in [0.2, 0.25) is 0 Å². The lowest BCUT2D eigenvalue weighted by atomic mass is 9.70. The van der Waals surface area contributed by atoms with Crippen molar-refractivity contribution >= 4 is 29.0 Å². The van der Waals surface area contributed by atoms with E-state index < -0.39 is 35.5 Å². The Labute approximate surface area is 191 Å². The summed E-state index contributed by atoms with van der Waals surface area (Å²) in [7, 11) is 0. The number of anilines is 1. The normalized spacial score (nSPS) is 23.4. The summed E-state index contributed by atoms with van der Waals surface area (Å²) < 4.78 is 31.0. The number of carbonyl (C=O) groups excluding carboxylic acids is 2. The van der Waals surface area contributed by atoms with Crippen molar-refractivity contribution in [2.45, 2.75) is 43.1 Å². The van der Waals surface area contributed by atoms with E-state index in [0.29, 0.717) is 42.2 Å². The summed E-state index contributed by atoms with van der Waals surface area (Å²) in [6.07, 6.45) is 4.33. The molecule has 1 aliphatic carbocycles. The third-order valence-corrected chi connectivity index (χ3v) is 6.67. The number of hydrogen-bond donors (Lipinski definition) is 1. The Morgan fingerprint density at radius 3 is 2.41 bits per heavy atom. The maximum absolute atomic E-state index is 15.5. The Balaban J connectivity index is 1.73. The van der Waals surface area contributed by atoms with Crippen LogP contribution in [0.2, 0.25) is 5.02 Å². The molecule has 0 bridgehead atoms. The number of benzene rings is 2. The third-order valence-electron chi connectivity index (χ3n) is 6.34. The number of hydrogen-bond acceptors (Lipinski definition) is 3. The molecule has 7 heteroatoms. The van der Waals surface area contributed by atoms with Crippen molar-refractivity contribution in [1.82, 2.24) is 4.90 Å². The van der Waals surface area contributed by atoms with Gasteiger partial charge in [-0.1, -0.05) is 60.1 Å². The highest BCUT2D eigenvalue weighted by atomic mass is 35.5. The van der Waals surface area contributed by atoms with Gasteiger partial charge in [0.05, 0.1) is 22.2 Å². The summed E-state index contributed by atoms with van der Waals surface area (Å²) in [5, 5.41) is 3.59. The lowest BCUT2D eigenvalue weighted by molar-refractivity contribution is -0.162. The third kappa shape index (κ3) is 4.16. The highest BCUT2D eigenvalue weighted by Gasteiger charge is 2.57. The zero-order valence-corrected chi connectivity index (χ0v) is 18.3. The summed E-state index contributed by atoms with van der Waals surface area (Å²) in [6.45, 7) is 0.639. The number of carbonyl (C=O) groups is 2. The van der Waals surface area contributed by atoms with Gasteiger partial charge in [0.25, 0.3) is 5.91 Å². The topological polar surface area (TPSA) is 49.4 Å². The van der Waals surface area contributed by atoms with Gasteiger partial charge in [0.1, 0.15) is 0 Å². The van der Waals surface area contributed by atoms with E-state index in [9.17, 15) is 9.59 Å². The quantitative estimate of drug-likeness (QED) is 0.644. The molecule has 168 valence electrons. The molecule has 0 aromatic heterocycles. The molecule has 1 N–H and O–H groups in total. The van der Waals surface area contributed by atoms with E-state index in [1.807, 2.05) is 0 Å². The molecule has 1 amide bonds. The summed E-state index contributed by atoms with van der Waals surface area (Å²) in [5.74, 6) is -5.36. The van der Waals surface area contributed by atoms with Crippen LogP contribution >= 0.6 is 11.6 Å². The number of nitrogens with zero attached hydrogens (tertiary/aromatic N) is 1. The second-order valence-electron chi connectivity index (χ2n) is 8.40. The van der Waals surface area contributed by atoms with E-state index >= 15 is 8.78 Å². The first-order valence-corrected chi connectivity index (χ1v) is 11.2. The first kappa shape index (κ1) is 22.5. The fourth-order valence-electron chi connectivity index (χ4n) is 4.68. The fourth-order valence-corrected chi connectivity index (χ4v) is 4.87. The van der Waals surface area contributed by atoms with Crippen molar-refractivity contribution in [1.29, 1.82) is 0 Å². The van der Waals surface area contributed by atoms with Crippen LogP contribution in [-0.2, 0) is 15.0 Å². The average molecular weight is 459 g/mol. The van der Waals surface area contributed by atoms with E-state index in [1.165, 1.54) is 11.0 Å². The van der Waals surface area contributed by atoms with Gasteiger partial charge in [-0.3, -0.25) is 9.59 Å². The van der Waals surface area contributed by atoms with Gasteiger partial charge in [0.15, 0.2) is 5.78 Å². The first-order valence-electron chi connectivity index (χ1n) is 10.8. The number of amides is 1. The second-order valence-corrected chi connectivity index (χ2v) is 8.80. The zero-order valence-electron chi connectivity index (χ0n) is 17.6. The van der Waals surface area contributed by atoms with Crippen molar-refractivity contribution < 1.29 is 18.4 Å². The van der Waals surface area contributed by atoms with Gasteiger partial charge < -0.3 is 10.2 Å².